The van der Waals surface area contributed by atoms with E-state index in [0.717, 1.165) is 0 Å². The molecule has 0 aromatic heterocycles. The first-order chi connectivity index (χ1) is 15.2. The summed E-state index contributed by atoms with van der Waals surface area (Å²) in [6, 6.07) is 6.49. The minimum Gasteiger partial charge on any atom is -0.508 e. The molecule has 2 aliphatic rings. The van der Waals surface area contributed by atoms with Crippen molar-refractivity contribution in [3.8, 4) is 28.7 Å². The Morgan fingerprint density at radius 1 is 0.906 bits per heavy atom. The van der Waals surface area contributed by atoms with E-state index in [1.807, 2.05) is 0 Å². The Morgan fingerprint density at radius 2 is 1.66 bits per heavy atom. The standard InChI is InChI=1S/C21H24O11/c22-7-16-17(27)18(28)19(29)21(32-16)31-15-5-9(23)4-14-10(15)6-13(26)20(30-14)8-1-2-11(24)12(25)3-8/h1-5,13,16-29H,6-7H2/t13-,16-,17-,18+,19-,20-,21-/m1/s1. The van der Waals surface area contributed by atoms with Gasteiger partial charge < -0.3 is 55.1 Å². The molecule has 2 heterocycles. The summed E-state index contributed by atoms with van der Waals surface area (Å²) in [5, 5.41) is 79.5. The number of hydrogen-bond acceptors (Lipinski definition) is 11. The maximum absolute atomic E-state index is 10.7. The van der Waals surface area contributed by atoms with Crippen LogP contribution in [0.25, 0.3) is 0 Å². The molecule has 0 bridgehead atoms. The van der Waals surface area contributed by atoms with Crippen molar-refractivity contribution < 1.29 is 55.1 Å². The van der Waals surface area contributed by atoms with E-state index in [2.05, 4.69) is 0 Å². The molecule has 7 atom stereocenters. The largest absolute Gasteiger partial charge is 0.508 e. The molecule has 2 aromatic carbocycles. The molecule has 4 rings (SSSR count). The first-order valence-corrected chi connectivity index (χ1v) is 9.89. The van der Waals surface area contributed by atoms with Crippen LogP contribution in [0.4, 0.5) is 0 Å². The number of phenols is 3. The van der Waals surface area contributed by atoms with Gasteiger partial charge in [0.15, 0.2) is 11.5 Å². The maximum atomic E-state index is 10.7. The second-order valence-corrected chi connectivity index (χ2v) is 7.79. The van der Waals surface area contributed by atoms with Gasteiger partial charge in [-0.25, -0.2) is 0 Å². The molecule has 32 heavy (non-hydrogen) atoms. The smallest absolute Gasteiger partial charge is 0.229 e. The molecule has 1 fully saturated rings. The lowest BCUT2D eigenvalue weighted by Gasteiger charge is -2.40. The van der Waals surface area contributed by atoms with Crippen molar-refractivity contribution in [3.63, 3.8) is 0 Å². The lowest BCUT2D eigenvalue weighted by molar-refractivity contribution is -0.277. The number of rotatable bonds is 4. The molecule has 0 saturated carbocycles. The number of aliphatic hydroxyl groups is 5. The van der Waals surface area contributed by atoms with Crippen LogP contribution in [0, 0.1) is 0 Å². The number of fused-ring (bicyclic) bond motifs is 1. The quantitative estimate of drug-likeness (QED) is 0.266. The second kappa shape index (κ2) is 8.62. The molecule has 8 N–H and O–H groups in total. The third-order valence-electron chi connectivity index (χ3n) is 5.59. The molecule has 11 heteroatoms. The second-order valence-electron chi connectivity index (χ2n) is 7.79. The highest BCUT2D eigenvalue weighted by Gasteiger charge is 2.45. The van der Waals surface area contributed by atoms with E-state index in [4.69, 9.17) is 14.2 Å². The predicted octanol–water partition coefficient (Wildman–Crippen LogP) is -0.981. The molecule has 0 spiro atoms. The summed E-state index contributed by atoms with van der Waals surface area (Å²) in [5.74, 6) is -0.811. The van der Waals surface area contributed by atoms with Crippen LogP contribution in [-0.4, -0.2) is 84.3 Å². The molecule has 0 unspecified atom stereocenters. The van der Waals surface area contributed by atoms with Gasteiger partial charge in [-0.2, -0.15) is 0 Å². The van der Waals surface area contributed by atoms with Crippen LogP contribution in [0.2, 0.25) is 0 Å². The molecule has 2 aromatic rings. The Hall–Kier alpha value is -2.80. The van der Waals surface area contributed by atoms with Gasteiger partial charge in [0.2, 0.25) is 6.29 Å². The highest BCUT2D eigenvalue weighted by Crippen LogP contribution is 2.44. The SMILES string of the molecule is OC[C@H]1O[C@@H](Oc2cc(O)cc3c2C[C@@H](O)[C@@H](c2ccc(O)c(O)c2)O3)[C@H](O)[C@@H](O)[C@@H]1O. The van der Waals surface area contributed by atoms with Crippen molar-refractivity contribution in [2.75, 3.05) is 6.61 Å². The van der Waals surface area contributed by atoms with E-state index in [0.29, 0.717) is 11.1 Å². The van der Waals surface area contributed by atoms with E-state index in [9.17, 15) is 40.9 Å². The summed E-state index contributed by atoms with van der Waals surface area (Å²) < 4.78 is 16.8. The van der Waals surface area contributed by atoms with Crippen LogP contribution < -0.4 is 9.47 Å². The normalized spacial score (nSPS) is 32.1. The zero-order valence-electron chi connectivity index (χ0n) is 16.6. The summed E-state index contributed by atoms with van der Waals surface area (Å²) >= 11 is 0. The molecule has 0 radical (unpaired) electrons. The lowest BCUT2D eigenvalue weighted by Crippen LogP contribution is -2.60. The first kappa shape index (κ1) is 22.4. The van der Waals surface area contributed by atoms with Crippen LogP contribution in [0.5, 0.6) is 28.7 Å². The number of ether oxygens (including phenoxy) is 3. The van der Waals surface area contributed by atoms with E-state index < -0.39 is 49.5 Å². The van der Waals surface area contributed by atoms with E-state index in [1.54, 1.807) is 0 Å². The van der Waals surface area contributed by atoms with E-state index in [-0.39, 0.29) is 35.2 Å². The van der Waals surface area contributed by atoms with Gasteiger partial charge in [0.25, 0.3) is 0 Å². The van der Waals surface area contributed by atoms with Gasteiger partial charge in [-0.3, -0.25) is 0 Å². The average Bonchev–Trinajstić information content (AvgIpc) is 2.76. The van der Waals surface area contributed by atoms with Crippen LogP contribution in [0.1, 0.15) is 17.2 Å². The Balaban J connectivity index is 1.62. The molecule has 0 aliphatic carbocycles. The molecule has 0 amide bonds. The fourth-order valence-electron chi connectivity index (χ4n) is 3.85. The number of aliphatic hydroxyl groups excluding tert-OH is 5. The van der Waals surface area contributed by atoms with Gasteiger partial charge in [0, 0.05) is 24.1 Å². The Morgan fingerprint density at radius 3 is 2.34 bits per heavy atom. The fraction of sp³-hybridized carbons (Fsp3) is 0.429. The van der Waals surface area contributed by atoms with E-state index in [1.165, 1.54) is 30.3 Å². The van der Waals surface area contributed by atoms with Gasteiger partial charge in [-0.05, 0) is 17.7 Å². The average molecular weight is 452 g/mol. The van der Waals surface area contributed by atoms with Gasteiger partial charge in [-0.15, -0.1) is 0 Å². The third kappa shape index (κ3) is 4.01. The van der Waals surface area contributed by atoms with Crippen molar-refractivity contribution in [2.45, 2.75) is 49.3 Å². The summed E-state index contributed by atoms with van der Waals surface area (Å²) in [4.78, 5) is 0. The Labute approximate surface area is 181 Å². The maximum Gasteiger partial charge on any atom is 0.229 e. The number of benzene rings is 2. The minimum absolute atomic E-state index is 0.00428. The third-order valence-corrected chi connectivity index (χ3v) is 5.59. The molecule has 2 aliphatic heterocycles. The zero-order valence-corrected chi connectivity index (χ0v) is 16.6. The highest BCUT2D eigenvalue weighted by atomic mass is 16.7. The summed E-state index contributed by atoms with van der Waals surface area (Å²) in [6.45, 7) is -0.633. The number of hydrogen-bond donors (Lipinski definition) is 8. The highest BCUT2D eigenvalue weighted by molar-refractivity contribution is 5.52. The molecular formula is C21H24O11. The number of aromatic hydroxyl groups is 3. The predicted molar refractivity (Wildman–Crippen MR) is 105 cm³/mol. The lowest BCUT2D eigenvalue weighted by atomic mass is 9.93. The van der Waals surface area contributed by atoms with Gasteiger partial charge in [0.05, 0.1) is 12.7 Å². The van der Waals surface area contributed by atoms with Crippen molar-refractivity contribution in [3.05, 3.63) is 41.5 Å². The zero-order chi connectivity index (χ0) is 23.2. The Kier molecular flexibility index (Phi) is 6.03. The minimum atomic E-state index is -1.66. The topological polar surface area (TPSA) is 190 Å². The summed E-state index contributed by atoms with van der Waals surface area (Å²) in [6.07, 6.45) is -9.56. The summed E-state index contributed by atoms with van der Waals surface area (Å²) in [5.41, 5.74) is 0.727. The van der Waals surface area contributed by atoms with Gasteiger partial charge in [-0.1, -0.05) is 6.07 Å². The van der Waals surface area contributed by atoms with Crippen molar-refractivity contribution in [1.29, 1.82) is 0 Å². The molecule has 1 saturated heterocycles. The summed E-state index contributed by atoms with van der Waals surface area (Å²) in [7, 11) is 0. The van der Waals surface area contributed by atoms with Crippen LogP contribution in [0.3, 0.4) is 0 Å². The first-order valence-electron chi connectivity index (χ1n) is 9.89. The Bertz CT molecular complexity index is 978. The molecule has 174 valence electrons. The van der Waals surface area contributed by atoms with Crippen LogP contribution in [0.15, 0.2) is 30.3 Å². The van der Waals surface area contributed by atoms with Gasteiger partial charge >= 0.3 is 0 Å². The molecular weight excluding hydrogens is 428 g/mol. The monoisotopic (exact) mass is 452 g/mol. The van der Waals surface area contributed by atoms with Gasteiger partial charge in [0.1, 0.15) is 47.8 Å². The number of phenolic OH excluding ortho intramolecular Hbond substituents is 3. The van der Waals surface area contributed by atoms with Crippen LogP contribution >= 0.6 is 0 Å². The van der Waals surface area contributed by atoms with Crippen molar-refractivity contribution >= 4 is 0 Å². The van der Waals surface area contributed by atoms with Crippen LogP contribution in [-0.2, 0) is 11.2 Å². The van der Waals surface area contributed by atoms with Crippen molar-refractivity contribution in [1.82, 2.24) is 0 Å². The molecule has 11 nitrogen and oxygen atoms in total. The van der Waals surface area contributed by atoms with E-state index >= 15 is 0 Å². The van der Waals surface area contributed by atoms with Crippen molar-refractivity contribution in [2.24, 2.45) is 0 Å². The fourth-order valence-corrected chi connectivity index (χ4v) is 3.85.